The quantitative estimate of drug-likeness (QED) is 0.404. The molecule has 0 aliphatic rings. The van der Waals surface area contributed by atoms with Crippen molar-refractivity contribution in [2.24, 2.45) is 0 Å². The number of anilines is 1. The summed E-state index contributed by atoms with van der Waals surface area (Å²) >= 11 is 0. The van der Waals surface area contributed by atoms with Crippen molar-refractivity contribution in [3.63, 3.8) is 0 Å². The molecular weight excluding hydrogens is 532 g/mol. The number of aromatic nitrogens is 2. The molecule has 0 saturated carbocycles. The van der Waals surface area contributed by atoms with E-state index in [9.17, 15) is 44.7 Å². The topological polar surface area (TPSA) is 122 Å². The second-order valence-electron chi connectivity index (χ2n) is 7.83. The van der Waals surface area contributed by atoms with E-state index in [2.05, 4.69) is 15.5 Å². The van der Waals surface area contributed by atoms with Gasteiger partial charge >= 0.3 is 12.4 Å². The summed E-state index contributed by atoms with van der Waals surface area (Å²) in [6, 6.07) is 7.71. The lowest BCUT2D eigenvalue weighted by atomic mass is 9.92. The second-order valence-corrected chi connectivity index (χ2v) is 10.1. The van der Waals surface area contributed by atoms with Gasteiger partial charge in [0.2, 0.25) is 18.2 Å². The highest BCUT2D eigenvalue weighted by Gasteiger charge is 2.71. The van der Waals surface area contributed by atoms with Crippen molar-refractivity contribution in [2.45, 2.75) is 42.1 Å². The average Bonchev–Trinajstić information content (AvgIpc) is 3.34. The molecular formula is C22H19F6N3O5S. The van der Waals surface area contributed by atoms with Crippen LogP contribution in [0.1, 0.15) is 29.9 Å². The van der Waals surface area contributed by atoms with Crippen molar-refractivity contribution in [1.29, 1.82) is 0 Å². The summed E-state index contributed by atoms with van der Waals surface area (Å²) in [5, 5.41) is 19.1. The van der Waals surface area contributed by atoms with E-state index < -0.39 is 45.2 Å². The minimum atomic E-state index is -6.05. The Balaban J connectivity index is 1.89. The van der Waals surface area contributed by atoms with Crippen LogP contribution in [0, 0.1) is 0 Å². The minimum Gasteiger partial charge on any atom is -0.428 e. The summed E-state index contributed by atoms with van der Waals surface area (Å²) in [5.74, 6) is -1.91. The van der Waals surface area contributed by atoms with Crippen LogP contribution >= 0.6 is 0 Å². The molecule has 1 atom stereocenters. The van der Waals surface area contributed by atoms with Crippen molar-refractivity contribution in [3.8, 4) is 0 Å². The maximum Gasteiger partial charge on any atom is 0.430 e. The van der Waals surface area contributed by atoms with Crippen LogP contribution in [0.4, 0.5) is 32.0 Å². The van der Waals surface area contributed by atoms with Crippen molar-refractivity contribution < 1.29 is 49.1 Å². The molecule has 0 saturated heterocycles. The lowest BCUT2D eigenvalue weighted by Crippen LogP contribution is -2.53. The van der Waals surface area contributed by atoms with Crippen molar-refractivity contribution in [3.05, 3.63) is 71.9 Å². The molecule has 0 radical (unpaired) electrons. The second kappa shape index (κ2) is 10.1. The molecule has 37 heavy (non-hydrogen) atoms. The number of nitrogens with one attached hydrogen (secondary N) is 1. The van der Waals surface area contributed by atoms with Gasteiger partial charge in [0.1, 0.15) is 0 Å². The number of rotatable bonds is 8. The summed E-state index contributed by atoms with van der Waals surface area (Å²) < 4.78 is 108. The largest absolute Gasteiger partial charge is 0.430 e. The highest BCUT2D eigenvalue weighted by molar-refractivity contribution is 7.91. The van der Waals surface area contributed by atoms with Crippen LogP contribution in [-0.4, -0.2) is 47.7 Å². The molecule has 1 heterocycles. The average molecular weight is 551 g/mol. The van der Waals surface area contributed by atoms with Gasteiger partial charge in [-0.1, -0.05) is 31.2 Å². The Labute approximate surface area is 206 Å². The molecule has 8 nitrogen and oxygen atoms in total. The van der Waals surface area contributed by atoms with E-state index in [-0.39, 0.29) is 28.6 Å². The number of carbonyl (C=O) groups excluding carboxylic acids is 1. The van der Waals surface area contributed by atoms with Crippen LogP contribution in [0.2, 0.25) is 0 Å². The number of carbonyl (C=O) groups is 1. The third-order valence-corrected chi connectivity index (χ3v) is 7.26. The van der Waals surface area contributed by atoms with Crippen LogP contribution in [0.5, 0.6) is 0 Å². The van der Waals surface area contributed by atoms with E-state index in [4.69, 9.17) is 4.42 Å². The van der Waals surface area contributed by atoms with E-state index in [0.29, 0.717) is 17.7 Å². The Morgan fingerprint density at radius 3 is 2.03 bits per heavy atom. The summed E-state index contributed by atoms with van der Waals surface area (Å²) in [6.07, 6.45) is -11.2. The first-order valence-corrected chi connectivity index (χ1v) is 12.1. The third-order valence-electron chi connectivity index (χ3n) is 5.51. The molecule has 3 aromatic rings. The molecule has 15 heteroatoms. The number of amides is 1. The molecule has 1 amide bonds. The number of hydrogen-bond donors (Lipinski definition) is 2. The predicted octanol–water partition coefficient (Wildman–Crippen LogP) is 4.14. The Bertz CT molecular complexity index is 1310. The highest BCUT2D eigenvalue weighted by atomic mass is 32.2. The van der Waals surface area contributed by atoms with Crippen LogP contribution < -0.4 is 5.32 Å². The van der Waals surface area contributed by atoms with Gasteiger partial charge in [-0.05, 0) is 29.8 Å². The summed E-state index contributed by atoms with van der Waals surface area (Å²) in [6.45, 7) is 1.46. The molecule has 2 N–H and O–H groups in total. The molecule has 1 aromatic heterocycles. The zero-order valence-corrected chi connectivity index (χ0v) is 19.7. The monoisotopic (exact) mass is 551 g/mol. The molecule has 0 fully saturated rings. The number of hydrogen-bond acceptors (Lipinski definition) is 7. The van der Waals surface area contributed by atoms with Gasteiger partial charge in [0.15, 0.2) is 9.84 Å². The van der Waals surface area contributed by atoms with E-state index in [1.807, 2.05) is 0 Å². The van der Waals surface area contributed by atoms with Crippen molar-refractivity contribution >= 4 is 21.4 Å². The molecule has 0 aliphatic heterocycles. The normalized spacial score (nSPS) is 13.8. The molecule has 1 unspecified atom stereocenters. The zero-order chi connectivity index (χ0) is 27.6. The molecule has 3 rings (SSSR count). The van der Waals surface area contributed by atoms with E-state index >= 15 is 0 Å². The Kier molecular flexibility index (Phi) is 7.69. The van der Waals surface area contributed by atoms with Gasteiger partial charge in [0, 0.05) is 17.7 Å². The van der Waals surface area contributed by atoms with Gasteiger partial charge in [-0.3, -0.25) is 4.79 Å². The number of nitrogens with zero attached hydrogens (tertiary/aromatic N) is 2. The van der Waals surface area contributed by atoms with Gasteiger partial charge < -0.3 is 14.8 Å². The maximum atomic E-state index is 13.1. The summed E-state index contributed by atoms with van der Waals surface area (Å²) in [4.78, 5) is 13.1. The van der Waals surface area contributed by atoms with Crippen molar-refractivity contribution in [1.82, 2.24) is 10.2 Å². The van der Waals surface area contributed by atoms with E-state index in [0.717, 1.165) is 18.5 Å². The fourth-order valence-corrected chi connectivity index (χ4v) is 4.29. The zero-order valence-electron chi connectivity index (χ0n) is 18.8. The minimum absolute atomic E-state index is 0.0214. The standard InChI is InChI=1S/C22H19F6N3O5S/c1-2-37(34,35)16-9-3-13(4-10-16)17(11-18-31-29-12-36-18)19(32)30-15-7-5-14(6-8-15)20(33,21(23,24)25)22(26,27)28/h3-10,12,17,33H,2,11H2,1H3,(H,30,32). The summed E-state index contributed by atoms with van der Waals surface area (Å²) in [5.41, 5.74) is -6.43. The Hall–Kier alpha value is -3.46. The SMILES string of the molecule is CCS(=O)(=O)c1ccc(C(Cc2nnco2)C(=O)Nc2ccc(C(O)(C(F)(F)F)C(F)(F)F)cc2)cc1. The van der Waals surface area contributed by atoms with Crippen LogP contribution in [0.3, 0.4) is 0 Å². The van der Waals surface area contributed by atoms with Crippen LogP contribution in [0.25, 0.3) is 0 Å². The van der Waals surface area contributed by atoms with Gasteiger partial charge in [0.05, 0.1) is 16.6 Å². The molecule has 0 spiro atoms. The van der Waals surface area contributed by atoms with Crippen molar-refractivity contribution in [2.75, 3.05) is 11.1 Å². The molecule has 0 aliphatic carbocycles. The van der Waals surface area contributed by atoms with Gasteiger partial charge in [-0.15, -0.1) is 10.2 Å². The van der Waals surface area contributed by atoms with E-state index in [1.54, 1.807) is 0 Å². The first-order chi connectivity index (χ1) is 17.1. The fourth-order valence-electron chi connectivity index (χ4n) is 3.41. The number of alkyl halides is 6. The van der Waals surface area contributed by atoms with Crippen LogP contribution in [0.15, 0.2) is 64.2 Å². The molecule has 2 aromatic carbocycles. The Morgan fingerprint density at radius 1 is 1.00 bits per heavy atom. The number of halogens is 6. The number of sulfone groups is 1. The maximum absolute atomic E-state index is 13.1. The first kappa shape index (κ1) is 28.1. The van der Waals surface area contributed by atoms with Gasteiger partial charge in [0.25, 0.3) is 5.60 Å². The van der Waals surface area contributed by atoms with E-state index in [1.165, 1.54) is 31.2 Å². The predicted molar refractivity (Wildman–Crippen MR) is 116 cm³/mol. The number of aliphatic hydroxyl groups is 1. The van der Waals surface area contributed by atoms with Crippen LogP contribution in [-0.2, 0) is 26.7 Å². The number of benzene rings is 2. The third kappa shape index (κ3) is 5.77. The fraction of sp³-hybridized carbons (Fsp3) is 0.318. The van der Waals surface area contributed by atoms with Gasteiger partial charge in [-0.2, -0.15) is 26.3 Å². The highest BCUT2D eigenvalue weighted by Crippen LogP contribution is 2.50. The smallest absolute Gasteiger partial charge is 0.428 e. The van der Waals surface area contributed by atoms with Gasteiger partial charge in [-0.25, -0.2) is 8.42 Å². The first-order valence-electron chi connectivity index (χ1n) is 10.4. The summed E-state index contributed by atoms with van der Waals surface area (Å²) in [7, 11) is -3.52. The lowest BCUT2D eigenvalue weighted by Gasteiger charge is -2.32. The molecule has 200 valence electrons. The Morgan fingerprint density at radius 2 is 1.57 bits per heavy atom. The lowest BCUT2D eigenvalue weighted by molar-refractivity contribution is -0.376. The molecule has 0 bridgehead atoms.